The van der Waals surface area contributed by atoms with E-state index < -0.39 is 15.9 Å². The molecule has 2 aliphatic heterocycles. The molecular weight excluding hydrogens is 508 g/mol. The van der Waals surface area contributed by atoms with Crippen LogP contribution in [-0.2, 0) is 21.9 Å². The Bertz CT molecular complexity index is 1340. The Balaban J connectivity index is 1.39. The predicted octanol–water partition coefficient (Wildman–Crippen LogP) is 5.70. The van der Waals surface area contributed by atoms with Crippen molar-refractivity contribution in [1.29, 1.82) is 0 Å². The number of sulfonamides is 1. The highest BCUT2D eigenvalue weighted by atomic mass is 32.2. The fourth-order valence-corrected chi connectivity index (χ4v) is 9.01. The number of nitrogens with one attached hydrogen (secondary N) is 1. The summed E-state index contributed by atoms with van der Waals surface area (Å²) in [4.78, 5) is 15.7. The van der Waals surface area contributed by atoms with Gasteiger partial charge in [0.1, 0.15) is 5.75 Å². The summed E-state index contributed by atoms with van der Waals surface area (Å²) in [5.41, 5.74) is 3.99. The van der Waals surface area contributed by atoms with Gasteiger partial charge in [0.2, 0.25) is 10.0 Å². The van der Waals surface area contributed by atoms with Crippen molar-refractivity contribution in [2.45, 2.75) is 70.6 Å². The normalized spacial score (nSPS) is 32.6. The molecule has 210 valence electrons. The Morgan fingerprint density at radius 2 is 1.79 bits per heavy atom. The number of amides is 1. The van der Waals surface area contributed by atoms with Gasteiger partial charge in [-0.1, -0.05) is 57.4 Å². The molecule has 2 heterocycles. The van der Waals surface area contributed by atoms with Crippen molar-refractivity contribution in [3.05, 3.63) is 59.2 Å². The number of hydrogen-bond donors (Lipinski definition) is 1. The molecule has 2 aliphatic carbocycles. The van der Waals surface area contributed by atoms with Gasteiger partial charge in [-0.3, -0.25) is 4.79 Å². The van der Waals surface area contributed by atoms with Gasteiger partial charge in [-0.2, -0.15) is 0 Å². The molecule has 0 radical (unpaired) electrons. The van der Waals surface area contributed by atoms with Gasteiger partial charge in [0.05, 0.1) is 18.0 Å². The topological polar surface area (TPSA) is 75.7 Å². The van der Waals surface area contributed by atoms with Crippen LogP contribution in [0.5, 0.6) is 5.75 Å². The van der Waals surface area contributed by atoms with Gasteiger partial charge in [0, 0.05) is 24.1 Å². The molecule has 7 heteroatoms. The lowest BCUT2D eigenvalue weighted by Gasteiger charge is -2.44. The van der Waals surface area contributed by atoms with E-state index in [0.29, 0.717) is 29.9 Å². The van der Waals surface area contributed by atoms with E-state index in [4.69, 9.17) is 4.74 Å². The van der Waals surface area contributed by atoms with E-state index in [1.165, 1.54) is 30.4 Å². The van der Waals surface area contributed by atoms with E-state index in [1.54, 1.807) is 6.07 Å². The summed E-state index contributed by atoms with van der Waals surface area (Å²) in [6, 6.07) is 14.2. The maximum Gasteiger partial charge on any atom is 0.264 e. The van der Waals surface area contributed by atoms with Gasteiger partial charge in [0.15, 0.2) is 0 Å². The van der Waals surface area contributed by atoms with Crippen LogP contribution in [-0.4, -0.2) is 39.8 Å². The van der Waals surface area contributed by atoms with Crippen LogP contribution in [0.25, 0.3) is 0 Å². The van der Waals surface area contributed by atoms with Gasteiger partial charge in [0.25, 0.3) is 5.91 Å². The summed E-state index contributed by atoms with van der Waals surface area (Å²) in [6.45, 7) is 6.53. The molecule has 2 aromatic carbocycles. The first-order valence-electron chi connectivity index (χ1n) is 14.9. The molecule has 0 saturated heterocycles. The number of nitrogens with zero attached hydrogens (tertiary/aromatic N) is 1. The van der Waals surface area contributed by atoms with E-state index in [9.17, 15) is 13.2 Å². The van der Waals surface area contributed by atoms with Gasteiger partial charge < -0.3 is 9.64 Å². The molecule has 4 aliphatic rings. The highest BCUT2D eigenvalue weighted by Gasteiger charge is 2.43. The van der Waals surface area contributed by atoms with E-state index in [0.717, 1.165) is 56.6 Å². The minimum Gasteiger partial charge on any atom is -0.490 e. The molecular formula is C32H42N2O4S. The highest BCUT2D eigenvalue weighted by molar-refractivity contribution is 7.90. The molecule has 2 bridgehead atoms. The van der Waals surface area contributed by atoms with E-state index in [1.807, 2.05) is 19.1 Å². The number of anilines is 1. The summed E-state index contributed by atoms with van der Waals surface area (Å²) >= 11 is 0. The fraction of sp³-hybridized carbons (Fsp3) is 0.594. The van der Waals surface area contributed by atoms with Crippen LogP contribution in [0.2, 0.25) is 0 Å². The summed E-state index contributed by atoms with van der Waals surface area (Å²) in [7, 11) is -3.74. The number of rotatable bonds is 0. The Morgan fingerprint density at radius 3 is 2.62 bits per heavy atom. The molecule has 1 amide bonds. The third kappa shape index (κ3) is 5.31. The van der Waals surface area contributed by atoms with Crippen molar-refractivity contribution < 1.29 is 17.9 Å². The minimum absolute atomic E-state index is 0.00843. The summed E-state index contributed by atoms with van der Waals surface area (Å²) in [5, 5.41) is 0. The van der Waals surface area contributed by atoms with Crippen molar-refractivity contribution >= 4 is 21.6 Å². The first-order valence-corrected chi connectivity index (χ1v) is 16.5. The van der Waals surface area contributed by atoms with E-state index in [2.05, 4.69) is 40.8 Å². The Kier molecular flexibility index (Phi) is 7.15. The summed E-state index contributed by atoms with van der Waals surface area (Å²) in [5.74, 6) is 1.81. The number of carbonyl (C=O) groups excluding carboxylic acids is 1. The molecule has 5 unspecified atom stereocenters. The number of aryl methyl sites for hydroxylation is 1. The van der Waals surface area contributed by atoms with Gasteiger partial charge in [-0.05, 0) is 85.1 Å². The van der Waals surface area contributed by atoms with Gasteiger partial charge >= 0.3 is 0 Å². The monoisotopic (exact) mass is 550 g/mol. The Labute approximate surface area is 233 Å². The maximum atomic E-state index is 13.2. The largest absolute Gasteiger partial charge is 0.490 e. The van der Waals surface area contributed by atoms with E-state index >= 15 is 0 Å². The van der Waals surface area contributed by atoms with Crippen LogP contribution < -0.4 is 14.4 Å². The van der Waals surface area contributed by atoms with Crippen LogP contribution >= 0.6 is 0 Å². The SMILES string of the molecule is CC1CCCC2CCC2CN2CC3(CCCc4ccccc43)COc3ccc(cc32)C(=O)NS(=O)(=O)CC1C. The van der Waals surface area contributed by atoms with Crippen LogP contribution in [0.15, 0.2) is 42.5 Å². The lowest BCUT2D eigenvalue weighted by molar-refractivity contribution is 0.0981. The van der Waals surface area contributed by atoms with Crippen LogP contribution in [0, 0.1) is 23.7 Å². The lowest BCUT2D eigenvalue weighted by atomic mass is 9.68. The fourth-order valence-electron chi connectivity index (χ4n) is 7.50. The molecule has 1 fully saturated rings. The third-order valence-electron chi connectivity index (χ3n) is 10.2. The third-order valence-corrected chi connectivity index (χ3v) is 11.7. The zero-order valence-electron chi connectivity index (χ0n) is 23.3. The molecule has 1 saturated carbocycles. The van der Waals surface area contributed by atoms with Crippen molar-refractivity contribution in [3.8, 4) is 5.75 Å². The second kappa shape index (κ2) is 10.5. The lowest BCUT2D eigenvalue weighted by Crippen LogP contribution is -2.48. The molecule has 1 spiro atoms. The second-order valence-corrected chi connectivity index (χ2v) is 14.6. The molecule has 6 rings (SSSR count). The molecule has 2 aromatic rings. The quantitative estimate of drug-likeness (QED) is 0.455. The molecule has 6 nitrogen and oxygen atoms in total. The number of ether oxygens (including phenoxy) is 1. The molecule has 0 aromatic heterocycles. The number of hydrogen-bond acceptors (Lipinski definition) is 5. The second-order valence-electron chi connectivity index (χ2n) is 12.8. The number of benzene rings is 2. The number of fused-ring (bicyclic) bond motifs is 4. The maximum absolute atomic E-state index is 13.2. The first kappa shape index (κ1) is 26.7. The smallest absolute Gasteiger partial charge is 0.264 e. The minimum atomic E-state index is -3.74. The summed E-state index contributed by atoms with van der Waals surface area (Å²) in [6.07, 6.45) is 9.18. The Hall–Kier alpha value is -2.54. The average molecular weight is 551 g/mol. The van der Waals surface area contributed by atoms with Crippen molar-refractivity contribution in [2.75, 3.05) is 30.3 Å². The van der Waals surface area contributed by atoms with Crippen molar-refractivity contribution in [3.63, 3.8) is 0 Å². The summed E-state index contributed by atoms with van der Waals surface area (Å²) < 4.78 is 34.8. The highest BCUT2D eigenvalue weighted by Crippen LogP contribution is 2.46. The zero-order chi connectivity index (χ0) is 27.2. The van der Waals surface area contributed by atoms with Crippen LogP contribution in [0.1, 0.15) is 80.3 Å². The zero-order valence-corrected chi connectivity index (χ0v) is 24.1. The first-order chi connectivity index (χ1) is 18.7. The standard InChI is InChI=1S/C32H42N2O4S/c1-22-7-5-9-24-12-13-27(24)18-34-20-32(16-6-10-25-8-3-4-11-28(25)32)21-38-30-15-14-26(17-29(30)34)31(35)33-39(36,37)19-23(22)2/h3-4,8,11,14-15,17,22-24,27H,5-7,9-10,12-13,16,18-21H2,1-2H3,(H,33,35). The Morgan fingerprint density at radius 1 is 0.974 bits per heavy atom. The van der Waals surface area contributed by atoms with Gasteiger partial charge in [-0.25, -0.2) is 13.1 Å². The van der Waals surface area contributed by atoms with Crippen LogP contribution in [0.3, 0.4) is 0 Å². The molecule has 5 atom stereocenters. The van der Waals surface area contributed by atoms with Crippen molar-refractivity contribution in [2.24, 2.45) is 23.7 Å². The average Bonchev–Trinajstić information content (AvgIpc) is 3.05. The van der Waals surface area contributed by atoms with Crippen LogP contribution in [0.4, 0.5) is 5.69 Å². The molecule has 39 heavy (non-hydrogen) atoms. The van der Waals surface area contributed by atoms with Gasteiger partial charge in [-0.15, -0.1) is 0 Å². The number of carbonyl (C=O) groups is 1. The van der Waals surface area contributed by atoms with Crippen molar-refractivity contribution in [1.82, 2.24) is 4.72 Å². The van der Waals surface area contributed by atoms with E-state index in [-0.39, 0.29) is 17.1 Å². The predicted molar refractivity (Wildman–Crippen MR) is 155 cm³/mol. The molecule has 1 N–H and O–H groups in total.